The van der Waals surface area contributed by atoms with Crippen molar-refractivity contribution in [2.24, 2.45) is 0 Å². The van der Waals surface area contributed by atoms with Crippen LogP contribution >= 0.6 is 11.6 Å². The highest BCUT2D eigenvalue weighted by molar-refractivity contribution is 6.31. The lowest BCUT2D eigenvalue weighted by Gasteiger charge is -2.07. The summed E-state index contributed by atoms with van der Waals surface area (Å²) in [6, 6.07) is 17.9. The Morgan fingerprint density at radius 3 is 2.56 bits per heavy atom. The van der Waals surface area contributed by atoms with Gasteiger partial charge in [0.1, 0.15) is 17.7 Å². The number of nitriles is 2. The smallest absolute Gasteiger partial charge is 0.267 e. The van der Waals surface area contributed by atoms with Crippen LogP contribution in [0.25, 0.3) is 0 Å². The van der Waals surface area contributed by atoms with Gasteiger partial charge in [-0.25, -0.2) is 0 Å². The van der Waals surface area contributed by atoms with Gasteiger partial charge < -0.3 is 10.6 Å². The first kappa shape index (κ1) is 18.1. The Morgan fingerprint density at radius 2 is 1.84 bits per heavy atom. The van der Waals surface area contributed by atoms with Gasteiger partial charge in [0, 0.05) is 17.8 Å². The lowest BCUT2D eigenvalue weighted by Crippen LogP contribution is -2.18. The van der Waals surface area contributed by atoms with Crippen molar-refractivity contribution in [2.45, 2.75) is 6.42 Å². The highest BCUT2D eigenvalue weighted by Crippen LogP contribution is 2.15. The van der Waals surface area contributed by atoms with Gasteiger partial charge in [0.2, 0.25) is 0 Å². The van der Waals surface area contributed by atoms with Crippen LogP contribution < -0.4 is 10.6 Å². The third-order valence-electron chi connectivity index (χ3n) is 3.40. The number of hydrogen-bond acceptors (Lipinski definition) is 4. The van der Waals surface area contributed by atoms with E-state index in [9.17, 15) is 4.79 Å². The van der Waals surface area contributed by atoms with Gasteiger partial charge in [-0.1, -0.05) is 41.9 Å². The molecular weight excluding hydrogens is 336 g/mol. The van der Waals surface area contributed by atoms with Gasteiger partial charge >= 0.3 is 0 Å². The van der Waals surface area contributed by atoms with E-state index in [2.05, 4.69) is 10.6 Å². The second-order valence-electron chi connectivity index (χ2n) is 5.08. The van der Waals surface area contributed by atoms with Crippen molar-refractivity contribution in [3.05, 3.63) is 76.5 Å². The summed E-state index contributed by atoms with van der Waals surface area (Å²) in [7, 11) is 0. The Balaban J connectivity index is 1.96. The zero-order valence-electron chi connectivity index (χ0n) is 13.3. The van der Waals surface area contributed by atoms with Crippen LogP contribution in [0.2, 0.25) is 5.02 Å². The summed E-state index contributed by atoms with van der Waals surface area (Å²) in [4.78, 5) is 12.2. The number of carbonyl (C=O) groups is 1. The molecule has 2 aromatic carbocycles. The Kier molecular flexibility index (Phi) is 6.59. The number of benzene rings is 2. The molecule has 124 valence electrons. The maximum absolute atomic E-state index is 12.2. The maximum atomic E-state index is 12.2. The molecule has 0 fully saturated rings. The summed E-state index contributed by atoms with van der Waals surface area (Å²) in [6.07, 6.45) is 2.02. The molecule has 6 heteroatoms. The molecule has 5 nitrogen and oxygen atoms in total. The average Bonchev–Trinajstić information content (AvgIpc) is 2.63. The van der Waals surface area contributed by atoms with E-state index in [-0.39, 0.29) is 5.57 Å². The molecule has 2 aromatic rings. The fourth-order valence-corrected chi connectivity index (χ4v) is 2.34. The van der Waals surface area contributed by atoms with Gasteiger partial charge in [0.15, 0.2) is 0 Å². The van der Waals surface area contributed by atoms with Crippen molar-refractivity contribution in [3.8, 4) is 12.1 Å². The molecule has 0 bridgehead atoms. The Bertz CT molecular complexity index is 877. The Morgan fingerprint density at radius 1 is 1.12 bits per heavy atom. The van der Waals surface area contributed by atoms with Crippen molar-refractivity contribution < 1.29 is 4.79 Å². The highest BCUT2D eigenvalue weighted by atomic mass is 35.5. The van der Waals surface area contributed by atoms with Crippen LogP contribution in [0.5, 0.6) is 0 Å². The fraction of sp³-hybridized carbons (Fsp3) is 0.105. The summed E-state index contributed by atoms with van der Waals surface area (Å²) >= 11 is 6.08. The molecule has 0 spiro atoms. The number of halogens is 1. The van der Waals surface area contributed by atoms with Crippen LogP contribution in [0.15, 0.2) is 60.3 Å². The van der Waals surface area contributed by atoms with Crippen LogP contribution in [0.3, 0.4) is 0 Å². The van der Waals surface area contributed by atoms with Gasteiger partial charge in [-0.05, 0) is 30.2 Å². The van der Waals surface area contributed by atoms with Crippen molar-refractivity contribution in [3.63, 3.8) is 0 Å². The first-order chi connectivity index (χ1) is 12.2. The minimum absolute atomic E-state index is 0.0769. The molecule has 1 amide bonds. The highest BCUT2D eigenvalue weighted by Gasteiger charge is 2.11. The monoisotopic (exact) mass is 350 g/mol. The molecule has 0 saturated carbocycles. The number of carbonyl (C=O) groups excluding carboxylic acids is 1. The minimum atomic E-state index is -0.574. The van der Waals surface area contributed by atoms with E-state index in [1.165, 1.54) is 6.20 Å². The molecule has 2 N–H and O–H groups in total. The lowest BCUT2D eigenvalue weighted by atomic mass is 10.1. The number of nitrogens with one attached hydrogen (secondary N) is 2. The molecule has 0 saturated heterocycles. The molecule has 0 aliphatic carbocycles. The number of nitrogens with zero attached hydrogens (tertiary/aromatic N) is 2. The van der Waals surface area contributed by atoms with Crippen LogP contribution in [0, 0.1) is 22.7 Å². The third-order valence-corrected chi connectivity index (χ3v) is 3.77. The quantitative estimate of drug-likeness (QED) is 0.475. The summed E-state index contributed by atoms with van der Waals surface area (Å²) in [5.41, 5.74) is 1.61. The van der Waals surface area contributed by atoms with Crippen molar-refractivity contribution in [2.75, 3.05) is 11.9 Å². The second kappa shape index (κ2) is 9.12. The van der Waals surface area contributed by atoms with E-state index in [4.69, 9.17) is 22.1 Å². The molecule has 0 aliphatic rings. The molecular formula is C19H15ClN4O. The van der Waals surface area contributed by atoms with Gasteiger partial charge in [-0.15, -0.1) is 0 Å². The normalized spacial score (nSPS) is 10.4. The predicted octanol–water partition coefficient (Wildman–Crippen LogP) is 3.39. The Hall–Kier alpha value is -3.28. The van der Waals surface area contributed by atoms with Gasteiger partial charge in [-0.3, -0.25) is 4.79 Å². The molecule has 0 radical (unpaired) electrons. The second-order valence-corrected chi connectivity index (χ2v) is 5.48. The van der Waals surface area contributed by atoms with E-state index in [1.807, 2.05) is 36.4 Å². The SMILES string of the molecule is N#C/C(=C/NCCc1ccccc1Cl)C(=O)Nc1ccccc1C#N. The summed E-state index contributed by atoms with van der Waals surface area (Å²) < 4.78 is 0. The van der Waals surface area contributed by atoms with E-state index in [1.54, 1.807) is 24.3 Å². The van der Waals surface area contributed by atoms with Gasteiger partial charge in [0.05, 0.1) is 11.3 Å². The number of rotatable bonds is 6. The predicted molar refractivity (Wildman–Crippen MR) is 96.6 cm³/mol. The van der Waals surface area contributed by atoms with Gasteiger partial charge in [0.25, 0.3) is 5.91 Å². The van der Waals surface area contributed by atoms with Crippen LogP contribution in [0.1, 0.15) is 11.1 Å². The molecule has 0 heterocycles. The maximum Gasteiger partial charge on any atom is 0.267 e. The van der Waals surface area contributed by atoms with E-state index in [0.29, 0.717) is 29.2 Å². The van der Waals surface area contributed by atoms with Crippen molar-refractivity contribution >= 4 is 23.2 Å². The van der Waals surface area contributed by atoms with Crippen LogP contribution in [-0.2, 0) is 11.2 Å². The van der Waals surface area contributed by atoms with Gasteiger partial charge in [-0.2, -0.15) is 10.5 Å². The molecule has 0 aliphatic heterocycles. The van der Waals surface area contributed by atoms with Crippen LogP contribution in [-0.4, -0.2) is 12.5 Å². The standard InChI is InChI=1S/C19H15ClN4O/c20-17-7-3-1-5-14(17)9-10-23-13-16(12-22)19(25)24-18-8-4-2-6-15(18)11-21/h1-8,13,23H,9-10H2,(H,24,25)/b16-13-. The first-order valence-corrected chi connectivity index (χ1v) is 7.91. The summed E-state index contributed by atoms with van der Waals surface area (Å²) in [5, 5.41) is 24.4. The average molecular weight is 351 g/mol. The summed E-state index contributed by atoms with van der Waals surface area (Å²) in [6.45, 7) is 0.525. The number of para-hydroxylation sites is 1. The van der Waals surface area contributed by atoms with E-state index in [0.717, 1.165) is 5.56 Å². The van der Waals surface area contributed by atoms with E-state index < -0.39 is 5.91 Å². The molecule has 25 heavy (non-hydrogen) atoms. The summed E-state index contributed by atoms with van der Waals surface area (Å²) in [5.74, 6) is -0.574. The zero-order chi connectivity index (χ0) is 18.1. The largest absolute Gasteiger partial charge is 0.389 e. The number of anilines is 1. The minimum Gasteiger partial charge on any atom is -0.389 e. The third kappa shape index (κ3) is 5.10. The molecule has 2 rings (SSSR count). The number of amides is 1. The zero-order valence-corrected chi connectivity index (χ0v) is 14.0. The number of hydrogen-bond donors (Lipinski definition) is 2. The first-order valence-electron chi connectivity index (χ1n) is 7.53. The molecule has 0 aromatic heterocycles. The topological polar surface area (TPSA) is 88.7 Å². The lowest BCUT2D eigenvalue weighted by molar-refractivity contribution is -0.112. The molecule has 0 unspecified atom stereocenters. The van der Waals surface area contributed by atoms with Crippen LogP contribution in [0.4, 0.5) is 5.69 Å². The Labute approximate surface area is 151 Å². The van der Waals surface area contributed by atoms with E-state index >= 15 is 0 Å². The molecule has 0 atom stereocenters. The fourth-order valence-electron chi connectivity index (χ4n) is 2.11. The van der Waals surface area contributed by atoms with Crippen molar-refractivity contribution in [1.29, 1.82) is 10.5 Å². The van der Waals surface area contributed by atoms with Crippen molar-refractivity contribution in [1.82, 2.24) is 5.32 Å².